The maximum absolute atomic E-state index is 12.3. The normalized spacial score (nSPS) is 11.2. The van der Waals surface area contributed by atoms with Gasteiger partial charge in [0.1, 0.15) is 6.54 Å². The van der Waals surface area contributed by atoms with Crippen molar-refractivity contribution in [3.8, 4) is 0 Å². The van der Waals surface area contributed by atoms with Crippen molar-refractivity contribution in [1.29, 1.82) is 0 Å². The first-order chi connectivity index (χ1) is 10.5. The molecule has 0 atom stereocenters. The summed E-state index contributed by atoms with van der Waals surface area (Å²) in [6.45, 7) is -0.390. The van der Waals surface area contributed by atoms with Gasteiger partial charge in [-0.1, -0.05) is 6.07 Å². The van der Waals surface area contributed by atoms with Gasteiger partial charge < -0.3 is 0 Å². The van der Waals surface area contributed by atoms with Crippen LogP contribution in [0.3, 0.4) is 0 Å². The Morgan fingerprint density at radius 3 is 2.91 bits per heavy atom. The fraction of sp³-hybridized carbons (Fsp3) is 0.182. The van der Waals surface area contributed by atoms with Crippen LogP contribution in [0, 0.1) is 0 Å². The summed E-state index contributed by atoms with van der Waals surface area (Å²) in [5, 5.41) is 11.6. The first-order valence-corrected chi connectivity index (χ1v) is 6.09. The van der Waals surface area contributed by atoms with E-state index in [1.165, 1.54) is 10.6 Å². The molecule has 1 amide bonds. The molecule has 9 nitrogen and oxygen atoms in total. The van der Waals surface area contributed by atoms with Gasteiger partial charge in [-0.3, -0.25) is 19.6 Å². The quantitative estimate of drug-likeness (QED) is 0.715. The van der Waals surface area contributed by atoms with Crippen LogP contribution >= 0.6 is 0 Å². The average Bonchev–Trinajstić information content (AvgIpc) is 3.06. The SMILES string of the molecule is O=C(Cn1nc2ccccn2c1=O)Nc1n[nH]c(C(F)F)n1. The molecule has 0 saturated carbocycles. The topological polar surface area (TPSA) is 110 Å². The van der Waals surface area contributed by atoms with Gasteiger partial charge in [0.25, 0.3) is 6.43 Å². The molecule has 0 saturated heterocycles. The lowest BCUT2D eigenvalue weighted by Gasteiger charge is -1.99. The molecule has 0 radical (unpaired) electrons. The number of aromatic amines is 1. The Kier molecular flexibility index (Phi) is 3.37. The molecular weight excluding hydrogens is 300 g/mol. The number of pyridine rings is 1. The lowest BCUT2D eigenvalue weighted by atomic mass is 10.5. The molecule has 3 aromatic heterocycles. The van der Waals surface area contributed by atoms with Crippen LogP contribution in [0.25, 0.3) is 5.65 Å². The highest BCUT2D eigenvalue weighted by Crippen LogP contribution is 2.14. The van der Waals surface area contributed by atoms with E-state index in [-0.39, 0.29) is 12.5 Å². The van der Waals surface area contributed by atoms with Crippen molar-refractivity contribution in [3.05, 3.63) is 40.7 Å². The molecule has 3 aromatic rings. The van der Waals surface area contributed by atoms with Crippen molar-refractivity contribution >= 4 is 17.5 Å². The second-order valence-electron chi connectivity index (χ2n) is 4.26. The number of carbonyl (C=O) groups is 1. The molecule has 3 rings (SSSR count). The number of aromatic nitrogens is 6. The van der Waals surface area contributed by atoms with Gasteiger partial charge in [-0.05, 0) is 12.1 Å². The third kappa shape index (κ3) is 2.55. The minimum absolute atomic E-state index is 0.294. The molecule has 0 aliphatic carbocycles. The summed E-state index contributed by atoms with van der Waals surface area (Å²) in [5.74, 6) is -1.61. The molecule has 0 aromatic carbocycles. The maximum atomic E-state index is 12.3. The van der Waals surface area contributed by atoms with Crippen LogP contribution in [0.5, 0.6) is 0 Å². The van der Waals surface area contributed by atoms with E-state index >= 15 is 0 Å². The number of nitrogens with one attached hydrogen (secondary N) is 2. The molecule has 0 unspecified atom stereocenters. The van der Waals surface area contributed by atoms with Gasteiger partial charge >= 0.3 is 5.69 Å². The van der Waals surface area contributed by atoms with Crippen molar-refractivity contribution in [3.63, 3.8) is 0 Å². The van der Waals surface area contributed by atoms with Crippen LogP contribution in [0.2, 0.25) is 0 Å². The van der Waals surface area contributed by atoms with Crippen LogP contribution in [-0.4, -0.2) is 35.3 Å². The van der Waals surface area contributed by atoms with Gasteiger partial charge in [0.15, 0.2) is 11.5 Å². The standard InChI is InChI=1S/C11H9F2N7O2/c12-8(13)9-15-10(17-16-9)14-7(21)5-20-11(22)19-4-2-1-3-6(19)18-20/h1-4,8H,5H2,(H2,14,15,16,17,21). The van der Waals surface area contributed by atoms with Crippen LogP contribution < -0.4 is 11.0 Å². The van der Waals surface area contributed by atoms with Gasteiger partial charge in [-0.25, -0.2) is 18.3 Å². The van der Waals surface area contributed by atoms with E-state index in [2.05, 4.69) is 20.5 Å². The number of rotatable bonds is 4. The third-order valence-electron chi connectivity index (χ3n) is 2.74. The Hall–Kier alpha value is -3.11. The molecule has 22 heavy (non-hydrogen) atoms. The Morgan fingerprint density at radius 2 is 2.23 bits per heavy atom. The minimum Gasteiger partial charge on any atom is -0.292 e. The van der Waals surface area contributed by atoms with Crippen molar-refractivity contribution in [1.82, 2.24) is 29.4 Å². The fourth-order valence-electron chi connectivity index (χ4n) is 1.80. The van der Waals surface area contributed by atoms with Crippen LogP contribution in [0.4, 0.5) is 14.7 Å². The Bertz CT molecular complexity index is 882. The number of nitrogens with zero attached hydrogens (tertiary/aromatic N) is 5. The first-order valence-electron chi connectivity index (χ1n) is 6.09. The Balaban J connectivity index is 1.75. The van der Waals surface area contributed by atoms with Gasteiger partial charge in [0.05, 0.1) is 0 Å². The van der Waals surface area contributed by atoms with E-state index in [1.54, 1.807) is 18.2 Å². The lowest BCUT2D eigenvalue weighted by molar-refractivity contribution is -0.117. The summed E-state index contributed by atoms with van der Waals surface area (Å²) >= 11 is 0. The highest BCUT2D eigenvalue weighted by molar-refractivity contribution is 5.88. The van der Waals surface area contributed by atoms with Gasteiger partial charge in [-0.2, -0.15) is 4.98 Å². The summed E-state index contributed by atoms with van der Waals surface area (Å²) in [6.07, 6.45) is -1.30. The molecule has 114 valence electrons. The summed E-state index contributed by atoms with van der Waals surface area (Å²) < 4.78 is 26.9. The number of carbonyl (C=O) groups excluding carboxylic acids is 1. The van der Waals surface area contributed by atoms with Crippen LogP contribution in [-0.2, 0) is 11.3 Å². The number of fused-ring (bicyclic) bond motifs is 1. The fourth-order valence-corrected chi connectivity index (χ4v) is 1.80. The van der Waals surface area contributed by atoms with Crippen LogP contribution in [0.15, 0.2) is 29.2 Å². The third-order valence-corrected chi connectivity index (χ3v) is 2.74. The minimum atomic E-state index is -2.82. The zero-order valence-electron chi connectivity index (χ0n) is 10.9. The molecule has 2 N–H and O–H groups in total. The van der Waals surface area contributed by atoms with Crippen molar-refractivity contribution < 1.29 is 13.6 Å². The number of amides is 1. The first kappa shape index (κ1) is 13.9. The van der Waals surface area contributed by atoms with Crippen molar-refractivity contribution in [2.75, 3.05) is 5.32 Å². The van der Waals surface area contributed by atoms with Gasteiger partial charge in [0, 0.05) is 6.20 Å². The lowest BCUT2D eigenvalue weighted by Crippen LogP contribution is -2.28. The predicted octanol–water partition coefficient (Wildman–Crippen LogP) is 0.190. The molecule has 0 fully saturated rings. The second-order valence-corrected chi connectivity index (χ2v) is 4.26. The number of hydrogen-bond donors (Lipinski definition) is 2. The van der Waals surface area contributed by atoms with E-state index in [1.807, 2.05) is 5.10 Å². The average molecular weight is 309 g/mol. The Labute approximate surface area is 120 Å². The van der Waals surface area contributed by atoms with E-state index in [0.717, 1.165) is 4.68 Å². The summed E-state index contributed by atoms with van der Waals surface area (Å²) in [5.41, 5.74) is -0.104. The summed E-state index contributed by atoms with van der Waals surface area (Å²) in [4.78, 5) is 27.1. The largest absolute Gasteiger partial charge is 0.350 e. The van der Waals surface area contributed by atoms with Gasteiger partial charge in [-0.15, -0.1) is 10.2 Å². The van der Waals surface area contributed by atoms with Crippen LogP contribution in [0.1, 0.15) is 12.2 Å². The molecular formula is C11H9F2N7O2. The smallest absolute Gasteiger partial charge is 0.292 e. The zero-order chi connectivity index (χ0) is 15.7. The number of alkyl halides is 2. The zero-order valence-corrected chi connectivity index (χ0v) is 10.9. The molecule has 3 heterocycles. The predicted molar refractivity (Wildman–Crippen MR) is 69.4 cm³/mol. The van der Waals surface area contributed by atoms with E-state index < -0.39 is 23.8 Å². The number of hydrogen-bond acceptors (Lipinski definition) is 5. The molecule has 0 aliphatic rings. The number of halogens is 2. The highest BCUT2D eigenvalue weighted by Gasteiger charge is 2.15. The van der Waals surface area contributed by atoms with E-state index in [4.69, 9.17) is 0 Å². The molecule has 11 heteroatoms. The van der Waals surface area contributed by atoms with E-state index in [9.17, 15) is 18.4 Å². The molecule has 0 bridgehead atoms. The number of anilines is 1. The molecule has 0 aliphatic heterocycles. The maximum Gasteiger partial charge on any atom is 0.350 e. The monoisotopic (exact) mass is 309 g/mol. The van der Waals surface area contributed by atoms with Crippen molar-refractivity contribution in [2.24, 2.45) is 0 Å². The van der Waals surface area contributed by atoms with E-state index in [0.29, 0.717) is 5.65 Å². The van der Waals surface area contributed by atoms with Crippen molar-refractivity contribution in [2.45, 2.75) is 13.0 Å². The number of H-pyrrole nitrogens is 1. The second kappa shape index (κ2) is 5.35. The summed E-state index contributed by atoms with van der Waals surface area (Å²) in [6, 6.07) is 4.96. The Morgan fingerprint density at radius 1 is 1.41 bits per heavy atom. The molecule has 0 spiro atoms. The summed E-state index contributed by atoms with van der Waals surface area (Å²) in [7, 11) is 0. The highest BCUT2D eigenvalue weighted by atomic mass is 19.3. The van der Waals surface area contributed by atoms with Gasteiger partial charge in [0.2, 0.25) is 11.9 Å².